The summed E-state index contributed by atoms with van der Waals surface area (Å²) in [7, 11) is 1.35. The fourth-order valence-corrected chi connectivity index (χ4v) is 3.98. The summed E-state index contributed by atoms with van der Waals surface area (Å²) >= 11 is 0. The first-order valence-electron chi connectivity index (χ1n) is 10.3. The Morgan fingerprint density at radius 1 is 1.20 bits per heavy atom. The van der Waals surface area contributed by atoms with Gasteiger partial charge in [-0.05, 0) is 25.1 Å². The Morgan fingerprint density at radius 2 is 1.89 bits per heavy atom. The molecule has 2 amide bonds. The maximum atomic E-state index is 14.0. The minimum atomic E-state index is -4.94. The van der Waals surface area contributed by atoms with E-state index < -0.39 is 59.7 Å². The molecule has 1 saturated heterocycles. The number of rotatable bonds is 6. The molecule has 1 fully saturated rings. The monoisotopic (exact) mass is 505 g/mol. The highest BCUT2D eigenvalue weighted by Gasteiger charge is 2.65. The smallest absolute Gasteiger partial charge is 0.417 e. The van der Waals surface area contributed by atoms with Crippen molar-refractivity contribution in [1.82, 2.24) is 10.3 Å². The molecule has 2 heterocycles. The predicted molar refractivity (Wildman–Crippen MR) is 111 cm³/mol. The first-order valence-corrected chi connectivity index (χ1v) is 10.3. The SMILES string of the molecule is CNC(=O)c1cc(NC(=O)[C@@H]2O[C@](C)(C(F)(F)F)[C@@H](C)[C@@H]2c2ccc(F)cc2OC(F)F)ccn1. The molecule has 1 aromatic heterocycles. The number of pyridine rings is 1. The number of alkyl halides is 5. The van der Waals surface area contributed by atoms with Gasteiger partial charge < -0.3 is 20.1 Å². The second-order valence-electron chi connectivity index (χ2n) is 8.02. The van der Waals surface area contributed by atoms with Crippen LogP contribution < -0.4 is 15.4 Å². The van der Waals surface area contributed by atoms with Crippen molar-refractivity contribution in [2.24, 2.45) is 5.92 Å². The van der Waals surface area contributed by atoms with Crippen LogP contribution in [0.2, 0.25) is 0 Å². The molecular weight excluding hydrogens is 484 g/mol. The molecule has 1 aromatic carbocycles. The molecule has 0 unspecified atom stereocenters. The second kappa shape index (κ2) is 9.72. The third kappa shape index (κ3) is 5.19. The van der Waals surface area contributed by atoms with Crippen LogP contribution in [0.5, 0.6) is 5.75 Å². The fraction of sp³-hybridized carbons (Fsp3) is 0.409. The fourth-order valence-electron chi connectivity index (χ4n) is 3.98. The topological polar surface area (TPSA) is 89.6 Å². The Labute approximate surface area is 195 Å². The Balaban J connectivity index is 2.04. The highest BCUT2D eigenvalue weighted by Crippen LogP contribution is 2.54. The Kier molecular flexibility index (Phi) is 7.29. The van der Waals surface area contributed by atoms with E-state index in [1.54, 1.807) is 0 Å². The van der Waals surface area contributed by atoms with Crippen molar-refractivity contribution < 1.29 is 45.4 Å². The van der Waals surface area contributed by atoms with Crippen molar-refractivity contribution in [2.75, 3.05) is 12.4 Å². The van der Waals surface area contributed by atoms with Gasteiger partial charge in [0.05, 0.1) is 0 Å². The van der Waals surface area contributed by atoms with Gasteiger partial charge in [0.25, 0.3) is 11.8 Å². The zero-order valence-electron chi connectivity index (χ0n) is 18.6. The molecule has 2 N–H and O–H groups in total. The first-order chi connectivity index (χ1) is 16.3. The van der Waals surface area contributed by atoms with Gasteiger partial charge >= 0.3 is 12.8 Å². The molecule has 1 aliphatic rings. The van der Waals surface area contributed by atoms with Crippen molar-refractivity contribution in [3.8, 4) is 5.75 Å². The number of hydrogen-bond acceptors (Lipinski definition) is 5. The molecule has 190 valence electrons. The van der Waals surface area contributed by atoms with Gasteiger partial charge in [-0.2, -0.15) is 22.0 Å². The zero-order valence-corrected chi connectivity index (χ0v) is 18.6. The van der Waals surface area contributed by atoms with E-state index in [1.807, 2.05) is 0 Å². The van der Waals surface area contributed by atoms with Crippen molar-refractivity contribution in [1.29, 1.82) is 0 Å². The van der Waals surface area contributed by atoms with E-state index in [2.05, 4.69) is 20.4 Å². The molecular formula is C22H21F6N3O4. The molecule has 3 rings (SSSR count). The molecule has 0 radical (unpaired) electrons. The number of hydrogen-bond donors (Lipinski definition) is 2. The maximum absolute atomic E-state index is 14.0. The average molecular weight is 505 g/mol. The molecule has 4 atom stereocenters. The van der Waals surface area contributed by atoms with E-state index in [-0.39, 0.29) is 16.9 Å². The highest BCUT2D eigenvalue weighted by atomic mass is 19.4. The standard InChI is InChI=1S/C22H21F6N3O4/c1-10-16(13-5-4-11(23)8-15(13)34-20(24)25)17(35-21(10,2)22(26,27)28)19(33)31-12-6-7-30-14(9-12)18(32)29-3/h4-10,16-17,20H,1-3H3,(H,29,32)(H,30,31,33)/t10-,16+,17+,21-/m0/s1. The maximum Gasteiger partial charge on any atom is 0.417 e. The normalized spacial score (nSPS) is 24.3. The summed E-state index contributed by atoms with van der Waals surface area (Å²) in [6, 6.07) is 4.93. The van der Waals surface area contributed by atoms with Gasteiger partial charge in [-0.15, -0.1) is 0 Å². The first kappa shape index (κ1) is 26.3. The minimum absolute atomic E-state index is 0.0300. The number of nitrogens with zero attached hydrogens (tertiary/aromatic N) is 1. The number of amides is 2. The summed E-state index contributed by atoms with van der Waals surface area (Å²) in [4.78, 5) is 28.7. The number of halogens is 6. The van der Waals surface area contributed by atoms with Crippen molar-refractivity contribution in [2.45, 2.75) is 44.3 Å². The molecule has 0 saturated carbocycles. The number of anilines is 1. The molecule has 0 spiro atoms. The lowest BCUT2D eigenvalue weighted by molar-refractivity contribution is -0.272. The van der Waals surface area contributed by atoms with E-state index in [0.29, 0.717) is 6.07 Å². The van der Waals surface area contributed by atoms with Crippen LogP contribution in [0.15, 0.2) is 36.5 Å². The third-order valence-electron chi connectivity index (χ3n) is 5.96. The molecule has 2 aromatic rings. The van der Waals surface area contributed by atoms with Crippen LogP contribution in [0.1, 0.15) is 35.8 Å². The van der Waals surface area contributed by atoms with Gasteiger partial charge in [0.1, 0.15) is 23.4 Å². The predicted octanol–water partition coefficient (Wildman–Crippen LogP) is 4.26. The van der Waals surface area contributed by atoms with Crippen LogP contribution in [0, 0.1) is 11.7 Å². The summed E-state index contributed by atoms with van der Waals surface area (Å²) in [5, 5.41) is 4.71. The summed E-state index contributed by atoms with van der Waals surface area (Å²) in [5.74, 6) is -6.21. The quantitative estimate of drug-likeness (QED) is 0.573. The number of ether oxygens (including phenoxy) is 2. The van der Waals surface area contributed by atoms with Crippen molar-refractivity contribution in [3.05, 3.63) is 53.6 Å². The molecule has 7 nitrogen and oxygen atoms in total. The number of aromatic nitrogens is 1. The summed E-state index contributed by atoms with van der Waals surface area (Å²) in [6.45, 7) is -1.50. The number of benzene rings is 1. The van der Waals surface area contributed by atoms with E-state index in [9.17, 15) is 35.9 Å². The summed E-state index contributed by atoms with van der Waals surface area (Å²) < 4.78 is 91.2. The number of carbonyl (C=O) groups is 2. The lowest BCUT2D eigenvalue weighted by Crippen LogP contribution is -2.47. The molecule has 0 aliphatic carbocycles. The van der Waals surface area contributed by atoms with E-state index in [0.717, 1.165) is 26.0 Å². The highest BCUT2D eigenvalue weighted by molar-refractivity contribution is 5.97. The van der Waals surface area contributed by atoms with Gasteiger partial charge in [0.2, 0.25) is 0 Å². The van der Waals surface area contributed by atoms with Gasteiger partial charge in [0.15, 0.2) is 5.60 Å². The Bertz CT molecular complexity index is 1110. The Hall–Kier alpha value is -3.35. The van der Waals surface area contributed by atoms with Crippen molar-refractivity contribution in [3.63, 3.8) is 0 Å². The van der Waals surface area contributed by atoms with Crippen LogP contribution in [-0.4, -0.2) is 48.3 Å². The Morgan fingerprint density at radius 3 is 2.49 bits per heavy atom. The van der Waals surface area contributed by atoms with Gasteiger partial charge in [0, 0.05) is 42.4 Å². The van der Waals surface area contributed by atoms with Crippen molar-refractivity contribution >= 4 is 17.5 Å². The number of carbonyl (C=O) groups excluding carboxylic acids is 2. The summed E-state index contributed by atoms with van der Waals surface area (Å²) in [5.41, 5.74) is -3.15. The van der Waals surface area contributed by atoms with E-state index in [4.69, 9.17) is 4.74 Å². The average Bonchev–Trinajstić information content (AvgIpc) is 3.05. The van der Waals surface area contributed by atoms with Crippen LogP contribution >= 0.6 is 0 Å². The largest absolute Gasteiger partial charge is 0.434 e. The minimum Gasteiger partial charge on any atom is -0.434 e. The van der Waals surface area contributed by atoms with Gasteiger partial charge in [-0.1, -0.05) is 13.0 Å². The van der Waals surface area contributed by atoms with E-state index >= 15 is 0 Å². The van der Waals surface area contributed by atoms with Gasteiger partial charge in [-0.3, -0.25) is 14.6 Å². The lowest BCUT2D eigenvalue weighted by Gasteiger charge is -2.32. The third-order valence-corrected chi connectivity index (χ3v) is 5.96. The second-order valence-corrected chi connectivity index (χ2v) is 8.02. The van der Waals surface area contributed by atoms with Gasteiger partial charge in [-0.25, -0.2) is 4.39 Å². The molecule has 1 aliphatic heterocycles. The van der Waals surface area contributed by atoms with E-state index in [1.165, 1.54) is 25.4 Å². The number of nitrogens with one attached hydrogen (secondary N) is 2. The molecule has 35 heavy (non-hydrogen) atoms. The lowest BCUT2D eigenvalue weighted by atomic mass is 9.77. The van der Waals surface area contributed by atoms with Crippen LogP contribution in [0.25, 0.3) is 0 Å². The molecule has 0 bridgehead atoms. The van der Waals surface area contributed by atoms with Crippen LogP contribution in [0.4, 0.5) is 32.0 Å². The van der Waals surface area contributed by atoms with Crippen LogP contribution in [-0.2, 0) is 9.53 Å². The molecule has 13 heteroatoms. The van der Waals surface area contributed by atoms with Crippen LogP contribution in [0.3, 0.4) is 0 Å². The zero-order chi connectivity index (χ0) is 26.1. The summed E-state index contributed by atoms with van der Waals surface area (Å²) in [6.07, 6.45) is -5.57.